The van der Waals surface area contributed by atoms with Crippen molar-refractivity contribution < 1.29 is 4.74 Å². The van der Waals surface area contributed by atoms with Crippen molar-refractivity contribution >= 4 is 0 Å². The molecule has 0 unspecified atom stereocenters. The lowest BCUT2D eigenvalue weighted by Gasteiger charge is -2.26. The van der Waals surface area contributed by atoms with Crippen LogP contribution < -0.4 is 0 Å². The van der Waals surface area contributed by atoms with Gasteiger partial charge in [0.25, 0.3) is 0 Å². The standard InChI is InChI=1S/C12H15N3O/c1-10-2-3-11(12(8-13)14-10)9-15-4-6-16-7-5-15/h2-3H,4-7,9H2,1H3. The molecule has 1 aromatic heterocycles. The van der Waals surface area contributed by atoms with Gasteiger partial charge >= 0.3 is 0 Å². The van der Waals surface area contributed by atoms with Crippen molar-refractivity contribution in [2.45, 2.75) is 13.5 Å². The molecule has 0 spiro atoms. The van der Waals surface area contributed by atoms with E-state index in [4.69, 9.17) is 10.00 Å². The van der Waals surface area contributed by atoms with Crippen LogP contribution >= 0.6 is 0 Å². The molecule has 0 bridgehead atoms. The van der Waals surface area contributed by atoms with Crippen LogP contribution in [0, 0.1) is 18.3 Å². The number of morpholine rings is 1. The zero-order valence-corrected chi connectivity index (χ0v) is 9.44. The molecule has 1 aliphatic rings. The molecule has 2 heterocycles. The Morgan fingerprint density at radius 1 is 1.44 bits per heavy atom. The summed E-state index contributed by atoms with van der Waals surface area (Å²) in [7, 11) is 0. The second kappa shape index (κ2) is 5.06. The van der Waals surface area contributed by atoms with Crippen molar-refractivity contribution in [1.82, 2.24) is 9.88 Å². The molecule has 4 heteroatoms. The molecule has 0 amide bonds. The summed E-state index contributed by atoms with van der Waals surface area (Å²) < 4.78 is 5.29. The predicted molar refractivity (Wildman–Crippen MR) is 59.8 cm³/mol. The molecule has 1 saturated heterocycles. The van der Waals surface area contributed by atoms with Gasteiger partial charge in [0, 0.05) is 30.9 Å². The first kappa shape index (κ1) is 11.1. The number of aryl methyl sites for hydroxylation is 1. The maximum Gasteiger partial charge on any atom is 0.145 e. The summed E-state index contributed by atoms with van der Waals surface area (Å²) in [5.41, 5.74) is 2.45. The second-order valence-corrected chi connectivity index (χ2v) is 3.96. The van der Waals surface area contributed by atoms with Crippen LogP contribution in [0.5, 0.6) is 0 Å². The third kappa shape index (κ3) is 2.57. The van der Waals surface area contributed by atoms with Gasteiger partial charge < -0.3 is 4.74 Å². The average molecular weight is 217 g/mol. The van der Waals surface area contributed by atoms with Crippen LogP contribution in [0.25, 0.3) is 0 Å². The van der Waals surface area contributed by atoms with Crippen molar-refractivity contribution in [1.29, 1.82) is 5.26 Å². The number of ether oxygens (including phenoxy) is 1. The van der Waals surface area contributed by atoms with E-state index in [-0.39, 0.29) is 0 Å². The monoisotopic (exact) mass is 217 g/mol. The molecule has 0 radical (unpaired) electrons. The minimum Gasteiger partial charge on any atom is -0.379 e. The van der Waals surface area contributed by atoms with Crippen LogP contribution in [0.3, 0.4) is 0 Å². The maximum absolute atomic E-state index is 9.02. The number of nitrogens with zero attached hydrogens (tertiary/aromatic N) is 3. The van der Waals surface area contributed by atoms with Gasteiger partial charge in [-0.1, -0.05) is 6.07 Å². The van der Waals surface area contributed by atoms with E-state index in [2.05, 4.69) is 16.0 Å². The van der Waals surface area contributed by atoms with E-state index >= 15 is 0 Å². The van der Waals surface area contributed by atoms with Crippen LogP contribution in [0.1, 0.15) is 17.0 Å². The lowest BCUT2D eigenvalue weighted by atomic mass is 10.1. The molecule has 1 aromatic rings. The first-order valence-electron chi connectivity index (χ1n) is 5.46. The largest absolute Gasteiger partial charge is 0.379 e. The van der Waals surface area contributed by atoms with Crippen LogP contribution in [0.4, 0.5) is 0 Å². The van der Waals surface area contributed by atoms with E-state index < -0.39 is 0 Å². The van der Waals surface area contributed by atoms with Crippen molar-refractivity contribution in [3.63, 3.8) is 0 Å². The van der Waals surface area contributed by atoms with Gasteiger partial charge in [0.05, 0.1) is 13.2 Å². The van der Waals surface area contributed by atoms with Gasteiger partial charge in [0.2, 0.25) is 0 Å². The van der Waals surface area contributed by atoms with Gasteiger partial charge in [-0.3, -0.25) is 4.90 Å². The lowest BCUT2D eigenvalue weighted by Crippen LogP contribution is -2.35. The SMILES string of the molecule is Cc1ccc(CN2CCOCC2)c(C#N)n1. The van der Waals surface area contributed by atoms with E-state index in [1.165, 1.54) is 0 Å². The van der Waals surface area contributed by atoms with Gasteiger partial charge in [-0.05, 0) is 13.0 Å². The van der Waals surface area contributed by atoms with Gasteiger partial charge in [0.15, 0.2) is 0 Å². The zero-order valence-electron chi connectivity index (χ0n) is 9.44. The molecule has 16 heavy (non-hydrogen) atoms. The fraction of sp³-hybridized carbons (Fsp3) is 0.500. The molecular formula is C12H15N3O. The van der Waals surface area contributed by atoms with Crippen LogP contribution in [-0.2, 0) is 11.3 Å². The Labute approximate surface area is 95.5 Å². The molecule has 0 atom stereocenters. The third-order valence-corrected chi connectivity index (χ3v) is 2.72. The van der Waals surface area contributed by atoms with E-state index in [1.807, 2.05) is 19.1 Å². The smallest absolute Gasteiger partial charge is 0.145 e. The Morgan fingerprint density at radius 2 is 2.19 bits per heavy atom. The summed E-state index contributed by atoms with van der Waals surface area (Å²) in [5, 5.41) is 9.02. The number of pyridine rings is 1. The van der Waals surface area contributed by atoms with E-state index in [0.29, 0.717) is 5.69 Å². The lowest BCUT2D eigenvalue weighted by molar-refractivity contribution is 0.0341. The van der Waals surface area contributed by atoms with E-state index in [9.17, 15) is 0 Å². The van der Waals surface area contributed by atoms with Gasteiger partial charge in [-0.2, -0.15) is 5.26 Å². The number of nitriles is 1. The maximum atomic E-state index is 9.02. The molecule has 0 saturated carbocycles. The molecular weight excluding hydrogens is 202 g/mol. The highest BCUT2D eigenvalue weighted by atomic mass is 16.5. The molecule has 2 rings (SSSR count). The van der Waals surface area contributed by atoms with E-state index in [1.54, 1.807) is 0 Å². The van der Waals surface area contributed by atoms with Crippen LogP contribution in [-0.4, -0.2) is 36.2 Å². The predicted octanol–water partition coefficient (Wildman–Crippen LogP) is 1.09. The first-order chi connectivity index (χ1) is 7.79. The highest BCUT2D eigenvalue weighted by Crippen LogP contribution is 2.11. The molecule has 0 aliphatic carbocycles. The summed E-state index contributed by atoms with van der Waals surface area (Å²) in [6.07, 6.45) is 0. The minimum absolute atomic E-state index is 0.548. The number of rotatable bonds is 2. The highest BCUT2D eigenvalue weighted by molar-refractivity contribution is 5.32. The number of aromatic nitrogens is 1. The van der Waals surface area contributed by atoms with Crippen LogP contribution in [0.15, 0.2) is 12.1 Å². The Kier molecular flexibility index (Phi) is 3.50. The quantitative estimate of drug-likeness (QED) is 0.744. The van der Waals surface area contributed by atoms with Crippen molar-refractivity contribution in [3.8, 4) is 6.07 Å². The average Bonchev–Trinajstić information content (AvgIpc) is 2.33. The summed E-state index contributed by atoms with van der Waals surface area (Å²) in [6.45, 7) is 6.11. The Balaban J connectivity index is 2.11. The van der Waals surface area contributed by atoms with Gasteiger partial charge in [-0.15, -0.1) is 0 Å². The minimum atomic E-state index is 0.548. The number of hydrogen-bond acceptors (Lipinski definition) is 4. The summed E-state index contributed by atoms with van der Waals surface area (Å²) in [6, 6.07) is 6.11. The van der Waals surface area contributed by atoms with Gasteiger partial charge in [0.1, 0.15) is 11.8 Å². The molecule has 1 fully saturated rings. The zero-order chi connectivity index (χ0) is 11.4. The van der Waals surface area contributed by atoms with Crippen molar-refractivity contribution in [2.75, 3.05) is 26.3 Å². The van der Waals surface area contributed by atoms with Crippen molar-refractivity contribution in [2.24, 2.45) is 0 Å². The fourth-order valence-corrected chi connectivity index (χ4v) is 1.81. The van der Waals surface area contributed by atoms with Crippen molar-refractivity contribution in [3.05, 3.63) is 29.1 Å². The molecule has 0 N–H and O–H groups in total. The second-order valence-electron chi connectivity index (χ2n) is 3.96. The fourth-order valence-electron chi connectivity index (χ4n) is 1.81. The molecule has 4 nitrogen and oxygen atoms in total. The molecule has 1 aliphatic heterocycles. The summed E-state index contributed by atoms with van der Waals surface area (Å²) in [5.74, 6) is 0. The number of hydrogen-bond donors (Lipinski definition) is 0. The Morgan fingerprint density at radius 3 is 2.88 bits per heavy atom. The normalized spacial score (nSPS) is 17.0. The molecule has 84 valence electrons. The van der Waals surface area contributed by atoms with E-state index in [0.717, 1.165) is 44.1 Å². The van der Waals surface area contributed by atoms with Gasteiger partial charge in [-0.25, -0.2) is 4.98 Å². The topological polar surface area (TPSA) is 49.1 Å². The molecule has 0 aromatic carbocycles. The summed E-state index contributed by atoms with van der Waals surface area (Å²) in [4.78, 5) is 6.53. The van der Waals surface area contributed by atoms with Crippen LogP contribution in [0.2, 0.25) is 0 Å². The summed E-state index contributed by atoms with van der Waals surface area (Å²) >= 11 is 0. The Hall–Kier alpha value is -1.44. The highest BCUT2D eigenvalue weighted by Gasteiger charge is 2.13. The third-order valence-electron chi connectivity index (χ3n) is 2.72. The first-order valence-corrected chi connectivity index (χ1v) is 5.46. The Bertz CT molecular complexity index is 405.